The Kier molecular flexibility index (Phi) is 6.83. The molecule has 0 N–H and O–H groups in total. The minimum absolute atomic E-state index is 0.117. The van der Waals surface area contributed by atoms with E-state index in [-0.39, 0.29) is 5.91 Å². The van der Waals surface area contributed by atoms with Crippen molar-refractivity contribution in [3.8, 4) is 11.5 Å². The second-order valence-corrected chi connectivity index (χ2v) is 9.55. The van der Waals surface area contributed by atoms with Gasteiger partial charge in [-0.25, -0.2) is 0 Å². The van der Waals surface area contributed by atoms with Gasteiger partial charge in [0.2, 0.25) is 0 Å². The lowest BCUT2D eigenvalue weighted by Crippen LogP contribution is -2.27. The Morgan fingerprint density at radius 3 is 2.58 bits per heavy atom. The van der Waals surface area contributed by atoms with Crippen molar-refractivity contribution in [3.63, 3.8) is 0 Å². The van der Waals surface area contributed by atoms with Crippen LogP contribution in [0.3, 0.4) is 0 Å². The summed E-state index contributed by atoms with van der Waals surface area (Å²) >= 11 is 9.13. The lowest BCUT2D eigenvalue weighted by Gasteiger charge is -2.17. The molecule has 1 amide bonds. The molecule has 0 bridgehead atoms. The van der Waals surface area contributed by atoms with Crippen molar-refractivity contribution < 1.29 is 14.3 Å². The smallest absolute Gasteiger partial charge is 0.270 e. The second kappa shape index (κ2) is 9.58. The van der Waals surface area contributed by atoms with Crippen LogP contribution in [0.5, 0.6) is 11.5 Å². The predicted molar refractivity (Wildman–Crippen MR) is 141 cm³/mol. The Labute approximate surface area is 204 Å². The third kappa shape index (κ3) is 4.44. The van der Waals surface area contributed by atoms with Gasteiger partial charge in [0.05, 0.1) is 27.4 Å². The topological polar surface area (TPSA) is 38.8 Å². The van der Waals surface area contributed by atoms with Crippen molar-refractivity contribution in [1.29, 1.82) is 0 Å². The standard InChI is InChI=1S/C24H20INO3S2/c1-3-28-20-13-15(12-18(25)22(20)29-4-2)14-21-23(27)26(24(30)31-21)19-11-7-9-16-8-5-6-10-17(16)19/h5-14H,3-4H2,1-2H3/b21-14-. The Hall–Kier alpha value is -2.10. The molecule has 0 saturated carbocycles. The van der Waals surface area contributed by atoms with Gasteiger partial charge in [-0.05, 0) is 71.7 Å². The van der Waals surface area contributed by atoms with Gasteiger partial charge in [-0.2, -0.15) is 0 Å². The summed E-state index contributed by atoms with van der Waals surface area (Å²) in [6.07, 6.45) is 1.87. The molecule has 1 aliphatic heterocycles. The molecular weight excluding hydrogens is 541 g/mol. The van der Waals surface area contributed by atoms with Crippen LogP contribution in [0, 0.1) is 3.57 Å². The first-order valence-electron chi connectivity index (χ1n) is 9.88. The van der Waals surface area contributed by atoms with Crippen LogP contribution in [-0.4, -0.2) is 23.4 Å². The quantitative estimate of drug-likeness (QED) is 0.192. The third-order valence-corrected chi connectivity index (χ3v) is 6.82. The Bertz CT molecular complexity index is 1200. The van der Waals surface area contributed by atoms with Crippen LogP contribution < -0.4 is 14.4 Å². The highest BCUT2D eigenvalue weighted by Gasteiger charge is 2.34. The van der Waals surface area contributed by atoms with E-state index >= 15 is 0 Å². The largest absolute Gasteiger partial charge is 0.490 e. The molecule has 1 saturated heterocycles. The molecular formula is C24H20INO3S2. The average Bonchev–Trinajstić information content (AvgIpc) is 3.03. The maximum Gasteiger partial charge on any atom is 0.270 e. The number of rotatable bonds is 6. The van der Waals surface area contributed by atoms with Crippen molar-refractivity contribution in [2.45, 2.75) is 13.8 Å². The molecule has 158 valence electrons. The van der Waals surface area contributed by atoms with E-state index in [2.05, 4.69) is 22.6 Å². The van der Waals surface area contributed by atoms with Crippen molar-refractivity contribution in [1.82, 2.24) is 0 Å². The van der Waals surface area contributed by atoms with Gasteiger partial charge in [-0.1, -0.05) is 60.4 Å². The number of thiocarbonyl (C=S) groups is 1. The number of ether oxygens (including phenoxy) is 2. The summed E-state index contributed by atoms with van der Waals surface area (Å²) < 4.78 is 13.0. The van der Waals surface area contributed by atoms with E-state index in [1.54, 1.807) is 4.90 Å². The van der Waals surface area contributed by atoms with Crippen LogP contribution >= 0.6 is 46.6 Å². The van der Waals surface area contributed by atoms with Crippen molar-refractivity contribution >= 4 is 79.3 Å². The van der Waals surface area contributed by atoms with Gasteiger partial charge in [0.1, 0.15) is 0 Å². The van der Waals surface area contributed by atoms with Gasteiger partial charge in [0.25, 0.3) is 5.91 Å². The minimum Gasteiger partial charge on any atom is -0.490 e. The zero-order chi connectivity index (χ0) is 22.0. The molecule has 0 aliphatic carbocycles. The molecule has 3 aromatic carbocycles. The average molecular weight is 561 g/mol. The first-order chi connectivity index (χ1) is 15.0. The van der Waals surface area contributed by atoms with Gasteiger partial charge in [-0.15, -0.1) is 0 Å². The van der Waals surface area contributed by atoms with Gasteiger partial charge in [0.15, 0.2) is 15.8 Å². The monoisotopic (exact) mass is 561 g/mol. The normalized spacial score (nSPS) is 15.2. The van der Waals surface area contributed by atoms with Gasteiger partial charge in [0, 0.05) is 5.39 Å². The summed E-state index contributed by atoms with van der Waals surface area (Å²) in [6.45, 7) is 4.96. The molecule has 4 nitrogen and oxygen atoms in total. The molecule has 4 rings (SSSR count). The fourth-order valence-corrected chi connectivity index (χ4v) is 5.51. The molecule has 0 spiro atoms. The number of halogens is 1. The number of amides is 1. The van der Waals surface area contributed by atoms with Crippen molar-refractivity contribution in [2.24, 2.45) is 0 Å². The molecule has 1 heterocycles. The summed E-state index contributed by atoms with van der Waals surface area (Å²) in [5, 5.41) is 2.07. The Morgan fingerprint density at radius 1 is 1.06 bits per heavy atom. The molecule has 0 radical (unpaired) electrons. The highest BCUT2D eigenvalue weighted by atomic mass is 127. The van der Waals surface area contributed by atoms with E-state index in [0.29, 0.717) is 28.2 Å². The second-order valence-electron chi connectivity index (χ2n) is 6.71. The van der Waals surface area contributed by atoms with Gasteiger partial charge >= 0.3 is 0 Å². The molecule has 0 aromatic heterocycles. The Morgan fingerprint density at radius 2 is 1.81 bits per heavy atom. The predicted octanol–water partition coefficient (Wildman–Crippen LogP) is 6.65. The summed E-state index contributed by atoms with van der Waals surface area (Å²) in [5.74, 6) is 1.28. The van der Waals surface area contributed by atoms with Crippen molar-refractivity contribution in [3.05, 3.63) is 68.6 Å². The number of hydrogen-bond donors (Lipinski definition) is 0. The minimum atomic E-state index is -0.117. The number of hydrogen-bond acceptors (Lipinski definition) is 5. The fourth-order valence-electron chi connectivity index (χ4n) is 3.45. The van der Waals surface area contributed by atoms with E-state index in [9.17, 15) is 4.79 Å². The first-order valence-corrected chi connectivity index (χ1v) is 12.2. The summed E-state index contributed by atoms with van der Waals surface area (Å²) in [5.41, 5.74) is 1.68. The van der Waals surface area contributed by atoms with E-state index in [1.165, 1.54) is 11.8 Å². The van der Waals surface area contributed by atoms with Crippen LogP contribution in [-0.2, 0) is 4.79 Å². The number of fused-ring (bicyclic) bond motifs is 1. The maximum atomic E-state index is 13.3. The van der Waals surface area contributed by atoms with E-state index in [1.807, 2.05) is 74.5 Å². The number of thioether (sulfide) groups is 1. The molecule has 7 heteroatoms. The molecule has 0 unspecified atom stereocenters. The van der Waals surface area contributed by atoms with E-state index in [0.717, 1.165) is 31.3 Å². The number of nitrogens with zero attached hydrogens (tertiary/aromatic N) is 1. The summed E-state index contributed by atoms with van der Waals surface area (Å²) in [4.78, 5) is 15.5. The van der Waals surface area contributed by atoms with Crippen LogP contribution in [0.25, 0.3) is 16.8 Å². The molecule has 3 aromatic rings. The van der Waals surface area contributed by atoms with E-state index < -0.39 is 0 Å². The van der Waals surface area contributed by atoms with E-state index in [4.69, 9.17) is 21.7 Å². The molecule has 1 aliphatic rings. The highest BCUT2D eigenvalue weighted by molar-refractivity contribution is 14.1. The van der Waals surface area contributed by atoms with Crippen LogP contribution in [0.4, 0.5) is 5.69 Å². The zero-order valence-electron chi connectivity index (χ0n) is 17.1. The number of carbonyl (C=O) groups is 1. The fraction of sp³-hybridized carbons (Fsp3) is 0.167. The lowest BCUT2D eigenvalue weighted by molar-refractivity contribution is -0.113. The number of benzene rings is 3. The molecule has 0 atom stereocenters. The maximum absolute atomic E-state index is 13.3. The first kappa shape index (κ1) is 22.1. The Balaban J connectivity index is 1.72. The number of anilines is 1. The summed E-state index contributed by atoms with van der Waals surface area (Å²) in [6, 6.07) is 17.8. The van der Waals surface area contributed by atoms with Crippen LogP contribution in [0.1, 0.15) is 19.4 Å². The zero-order valence-corrected chi connectivity index (χ0v) is 20.8. The van der Waals surface area contributed by atoms with Crippen molar-refractivity contribution in [2.75, 3.05) is 18.1 Å². The number of carbonyl (C=O) groups excluding carboxylic acids is 1. The highest BCUT2D eigenvalue weighted by Crippen LogP contribution is 2.40. The van der Waals surface area contributed by atoms with Gasteiger partial charge < -0.3 is 9.47 Å². The summed E-state index contributed by atoms with van der Waals surface area (Å²) in [7, 11) is 0. The lowest BCUT2D eigenvalue weighted by atomic mass is 10.1. The molecule has 1 fully saturated rings. The molecule has 31 heavy (non-hydrogen) atoms. The third-order valence-electron chi connectivity index (χ3n) is 4.72. The van der Waals surface area contributed by atoms with Crippen LogP contribution in [0.2, 0.25) is 0 Å². The SMILES string of the molecule is CCOc1cc(/C=C2\SC(=S)N(c3cccc4ccccc34)C2=O)cc(I)c1OCC. The van der Waals surface area contributed by atoms with Gasteiger partial charge in [-0.3, -0.25) is 9.69 Å². The van der Waals surface area contributed by atoms with Crippen LogP contribution in [0.15, 0.2) is 59.5 Å².